The van der Waals surface area contributed by atoms with E-state index in [4.69, 9.17) is 26.1 Å². The zero-order valence-corrected chi connectivity index (χ0v) is 25.5. The molecular formula is C34H38FN7O3. The number of halogens is 1. The number of hydrogen-bond acceptors (Lipinski definition) is 9. The van der Waals surface area contributed by atoms with E-state index in [0.29, 0.717) is 64.6 Å². The number of ether oxygens (including phenoxy) is 1. The number of terminal acetylenes is 1. The molecule has 1 unspecified atom stereocenters. The molecule has 8 rings (SSSR count). The minimum Gasteiger partial charge on any atom is -0.508 e. The van der Waals surface area contributed by atoms with Gasteiger partial charge >= 0.3 is 0 Å². The van der Waals surface area contributed by atoms with Crippen LogP contribution in [0.2, 0.25) is 0 Å². The molecule has 45 heavy (non-hydrogen) atoms. The summed E-state index contributed by atoms with van der Waals surface area (Å²) in [6, 6.07) is 6.97. The van der Waals surface area contributed by atoms with Gasteiger partial charge in [0.25, 0.3) is 0 Å². The molecule has 1 aliphatic carbocycles. The van der Waals surface area contributed by atoms with Gasteiger partial charge in [-0.1, -0.05) is 12.0 Å². The molecule has 234 valence electrons. The standard InChI is InChI=1S/C34H38FN7O3/c1-3-26-27(35)7-4-21-12-25(43)13-22(28(21)26)14-42-20-36-29-30(42)38-32(41-15-23-5-6-24(16-41)37-23)39-31(29)45-19-34(8-9-34)18-40-11-10-33(2,44)17-40/h1,4,7,12-13,20,23-24,37,43-44H,5-6,8-11,14-19H2,2H3/t23-,24+,33?. The topological polar surface area (TPSA) is 112 Å². The number of phenols is 1. The molecule has 2 aromatic heterocycles. The van der Waals surface area contributed by atoms with E-state index in [1.165, 1.54) is 6.07 Å². The fourth-order valence-corrected chi connectivity index (χ4v) is 7.58. The van der Waals surface area contributed by atoms with Crippen molar-refractivity contribution in [1.29, 1.82) is 0 Å². The Labute approximate surface area is 261 Å². The van der Waals surface area contributed by atoms with E-state index < -0.39 is 11.4 Å². The second kappa shape index (κ2) is 10.5. The van der Waals surface area contributed by atoms with Crippen molar-refractivity contribution in [2.24, 2.45) is 5.41 Å². The maximum absolute atomic E-state index is 14.8. The Morgan fingerprint density at radius 1 is 1.16 bits per heavy atom. The molecule has 4 fully saturated rings. The lowest BCUT2D eigenvalue weighted by Crippen LogP contribution is -2.51. The molecule has 0 radical (unpaired) electrons. The number of nitrogens with one attached hydrogen (secondary N) is 1. The first-order chi connectivity index (χ1) is 21.7. The third-order valence-corrected chi connectivity index (χ3v) is 10.1. The van der Waals surface area contributed by atoms with Gasteiger partial charge in [0, 0.05) is 55.6 Å². The van der Waals surface area contributed by atoms with Gasteiger partial charge in [-0.15, -0.1) is 6.42 Å². The number of benzene rings is 2. The number of aromatic nitrogens is 4. The number of fused-ring (bicyclic) bond motifs is 4. The predicted octanol–water partition coefficient (Wildman–Crippen LogP) is 3.41. The van der Waals surface area contributed by atoms with Crippen molar-refractivity contribution < 1.29 is 19.3 Å². The molecule has 1 saturated carbocycles. The van der Waals surface area contributed by atoms with Crippen LogP contribution in [-0.4, -0.2) is 91.6 Å². The summed E-state index contributed by atoms with van der Waals surface area (Å²) in [6.07, 6.45) is 12.6. The lowest BCUT2D eigenvalue weighted by Gasteiger charge is -2.33. The van der Waals surface area contributed by atoms with Crippen LogP contribution in [-0.2, 0) is 6.54 Å². The van der Waals surface area contributed by atoms with Crippen molar-refractivity contribution >= 4 is 27.9 Å². The quantitative estimate of drug-likeness (QED) is 0.258. The highest BCUT2D eigenvalue weighted by Gasteiger charge is 2.47. The summed E-state index contributed by atoms with van der Waals surface area (Å²) in [7, 11) is 0. The Kier molecular flexibility index (Phi) is 6.68. The summed E-state index contributed by atoms with van der Waals surface area (Å²) in [5, 5.41) is 25.9. The smallest absolute Gasteiger partial charge is 0.247 e. The van der Waals surface area contributed by atoms with Gasteiger partial charge in [-0.3, -0.25) is 4.90 Å². The monoisotopic (exact) mass is 611 g/mol. The molecule has 2 aromatic carbocycles. The SMILES string of the molecule is C#Cc1c(F)ccc2cc(O)cc(Cn3cnc4c(OCC5(CN6CCC(C)(O)C6)CC5)nc(N5C[C@H]6CC[C@@H](C5)N6)nc43)c12. The van der Waals surface area contributed by atoms with Crippen LogP contribution in [0.3, 0.4) is 0 Å². The molecule has 2 bridgehead atoms. The molecule has 0 amide bonds. The van der Waals surface area contributed by atoms with E-state index >= 15 is 0 Å². The summed E-state index contributed by atoms with van der Waals surface area (Å²) >= 11 is 0. The molecule has 11 heteroatoms. The van der Waals surface area contributed by atoms with E-state index in [2.05, 4.69) is 21.0 Å². The largest absolute Gasteiger partial charge is 0.508 e. The Hall–Kier alpha value is -3.98. The third kappa shape index (κ3) is 5.35. The molecule has 0 spiro atoms. The lowest BCUT2D eigenvalue weighted by atomic mass is 9.98. The maximum atomic E-state index is 14.8. The van der Waals surface area contributed by atoms with E-state index in [1.807, 2.05) is 11.5 Å². The average Bonchev–Trinajstić information content (AvgIpc) is 3.32. The van der Waals surface area contributed by atoms with Gasteiger partial charge in [0.15, 0.2) is 11.2 Å². The molecule has 4 aromatic rings. The van der Waals surface area contributed by atoms with Crippen LogP contribution < -0.4 is 15.0 Å². The van der Waals surface area contributed by atoms with Gasteiger partial charge in [-0.2, -0.15) is 9.97 Å². The van der Waals surface area contributed by atoms with Crippen LogP contribution in [0.25, 0.3) is 21.9 Å². The average molecular weight is 612 g/mol. The first kappa shape index (κ1) is 28.5. The number of piperazine rings is 1. The van der Waals surface area contributed by atoms with E-state index in [0.717, 1.165) is 58.3 Å². The normalized spacial score (nSPS) is 25.7. The Morgan fingerprint density at radius 2 is 1.96 bits per heavy atom. The first-order valence-corrected chi connectivity index (χ1v) is 15.9. The van der Waals surface area contributed by atoms with E-state index in [1.54, 1.807) is 24.5 Å². The summed E-state index contributed by atoms with van der Waals surface area (Å²) in [5.74, 6) is 3.15. The molecule has 3 saturated heterocycles. The second-order valence-corrected chi connectivity index (χ2v) is 13.9. The van der Waals surface area contributed by atoms with Crippen molar-refractivity contribution in [3.05, 3.63) is 47.5 Å². The number of likely N-dealkylation sites (tertiary alicyclic amines) is 1. The lowest BCUT2D eigenvalue weighted by molar-refractivity contribution is 0.0635. The summed E-state index contributed by atoms with van der Waals surface area (Å²) < 4.78 is 23.2. The van der Waals surface area contributed by atoms with Crippen molar-refractivity contribution in [3.8, 4) is 24.0 Å². The predicted molar refractivity (Wildman–Crippen MR) is 169 cm³/mol. The molecular weight excluding hydrogens is 573 g/mol. The number of aromatic hydroxyl groups is 1. The molecule has 3 atom stereocenters. The fourth-order valence-electron chi connectivity index (χ4n) is 7.58. The third-order valence-electron chi connectivity index (χ3n) is 10.1. The van der Waals surface area contributed by atoms with Gasteiger partial charge in [0.05, 0.1) is 30.6 Å². The number of aliphatic hydroxyl groups is 1. The number of hydrogen-bond donors (Lipinski definition) is 3. The highest BCUT2D eigenvalue weighted by molar-refractivity contribution is 5.92. The number of imidazole rings is 1. The van der Waals surface area contributed by atoms with Crippen LogP contribution in [0.5, 0.6) is 11.6 Å². The van der Waals surface area contributed by atoms with Gasteiger partial charge in [0.1, 0.15) is 11.6 Å². The second-order valence-electron chi connectivity index (χ2n) is 13.9. The van der Waals surface area contributed by atoms with Crippen molar-refractivity contribution in [1.82, 2.24) is 29.7 Å². The van der Waals surface area contributed by atoms with Crippen molar-refractivity contribution in [2.45, 2.75) is 63.3 Å². The zero-order chi connectivity index (χ0) is 30.9. The first-order valence-electron chi connectivity index (χ1n) is 15.9. The van der Waals surface area contributed by atoms with Gasteiger partial charge in [-0.25, -0.2) is 9.37 Å². The van der Waals surface area contributed by atoms with Gasteiger partial charge < -0.3 is 29.7 Å². The summed E-state index contributed by atoms with van der Waals surface area (Å²) in [5.41, 5.74) is 1.40. The van der Waals surface area contributed by atoms with E-state index in [-0.39, 0.29) is 23.3 Å². The molecule has 4 aliphatic rings. The molecule has 10 nitrogen and oxygen atoms in total. The van der Waals surface area contributed by atoms with Gasteiger partial charge in [-0.05, 0) is 68.2 Å². The summed E-state index contributed by atoms with van der Waals surface area (Å²) in [6.45, 7) is 6.78. The number of nitrogens with zero attached hydrogens (tertiary/aromatic N) is 6. The van der Waals surface area contributed by atoms with Gasteiger partial charge in [0.2, 0.25) is 11.8 Å². The number of rotatable bonds is 8. The Balaban J connectivity index is 1.15. The molecule has 5 heterocycles. The summed E-state index contributed by atoms with van der Waals surface area (Å²) in [4.78, 5) is 19.3. The van der Waals surface area contributed by atoms with Crippen LogP contribution in [0, 0.1) is 23.6 Å². The molecule has 3 aliphatic heterocycles. The molecule has 3 N–H and O–H groups in total. The van der Waals surface area contributed by atoms with Crippen LogP contribution in [0.1, 0.15) is 50.2 Å². The Bertz CT molecular complexity index is 1830. The van der Waals surface area contributed by atoms with E-state index in [9.17, 15) is 14.6 Å². The minimum absolute atomic E-state index is 0.0325. The number of phenolic OH excluding ortho intramolecular Hbond substituents is 1. The highest BCUT2D eigenvalue weighted by atomic mass is 19.1. The number of β-amino-alcohol motifs (C(OH)–C–C–N with tert-alkyl or cyclic N) is 1. The maximum Gasteiger partial charge on any atom is 0.247 e. The zero-order valence-electron chi connectivity index (χ0n) is 25.5. The highest BCUT2D eigenvalue weighted by Crippen LogP contribution is 2.47. The van der Waals surface area contributed by atoms with Crippen LogP contribution in [0.15, 0.2) is 30.6 Å². The van der Waals surface area contributed by atoms with Crippen molar-refractivity contribution in [3.63, 3.8) is 0 Å². The van der Waals surface area contributed by atoms with Crippen LogP contribution in [0.4, 0.5) is 10.3 Å². The van der Waals surface area contributed by atoms with Crippen LogP contribution >= 0.6 is 0 Å². The minimum atomic E-state index is -0.631. The van der Waals surface area contributed by atoms with Crippen molar-refractivity contribution in [2.75, 3.05) is 44.2 Å². The number of anilines is 1. The fraction of sp³-hybridized carbons (Fsp3) is 0.500. The Morgan fingerprint density at radius 3 is 2.67 bits per heavy atom.